The highest BCUT2D eigenvalue weighted by atomic mass is 16.5. The Morgan fingerprint density at radius 2 is 1.69 bits per heavy atom. The highest BCUT2D eigenvalue weighted by Gasteiger charge is 2.43. The van der Waals surface area contributed by atoms with E-state index < -0.39 is 5.60 Å². The molecule has 0 saturated carbocycles. The molecule has 2 saturated heterocycles. The summed E-state index contributed by atoms with van der Waals surface area (Å²) in [6, 6.07) is 0. The van der Waals surface area contributed by atoms with Crippen LogP contribution < -0.4 is 0 Å². The molecule has 0 bridgehead atoms. The second-order valence-electron chi connectivity index (χ2n) is 4.56. The van der Waals surface area contributed by atoms with Gasteiger partial charge < -0.3 is 14.2 Å². The van der Waals surface area contributed by atoms with Crippen molar-refractivity contribution < 1.29 is 19.0 Å². The lowest BCUT2D eigenvalue weighted by Crippen LogP contribution is -2.49. The number of hydrogen-bond acceptors (Lipinski definition) is 4. The van der Waals surface area contributed by atoms with Gasteiger partial charge in [0.05, 0.1) is 0 Å². The van der Waals surface area contributed by atoms with Crippen molar-refractivity contribution in [1.82, 2.24) is 0 Å². The van der Waals surface area contributed by atoms with E-state index in [0.717, 1.165) is 12.8 Å². The van der Waals surface area contributed by atoms with Gasteiger partial charge in [-0.15, -0.1) is 0 Å². The third kappa shape index (κ3) is 2.29. The fraction of sp³-hybridized carbons (Fsp3) is 0.917. The van der Waals surface area contributed by atoms with Crippen molar-refractivity contribution in [2.24, 2.45) is 5.92 Å². The van der Waals surface area contributed by atoms with E-state index in [2.05, 4.69) is 0 Å². The molecule has 16 heavy (non-hydrogen) atoms. The van der Waals surface area contributed by atoms with Crippen molar-refractivity contribution in [2.75, 3.05) is 33.5 Å². The number of methoxy groups -OCH3 is 1. The average Bonchev–Trinajstić information content (AvgIpc) is 2.39. The fourth-order valence-electron chi connectivity index (χ4n) is 2.58. The summed E-state index contributed by atoms with van der Waals surface area (Å²) < 4.78 is 16.1. The minimum absolute atomic E-state index is 0.117. The van der Waals surface area contributed by atoms with Crippen LogP contribution in [0.25, 0.3) is 0 Å². The molecule has 2 aliphatic rings. The highest BCUT2D eigenvalue weighted by molar-refractivity contribution is 5.89. The van der Waals surface area contributed by atoms with Crippen LogP contribution in [0.1, 0.15) is 25.7 Å². The Labute approximate surface area is 96.2 Å². The highest BCUT2D eigenvalue weighted by Crippen LogP contribution is 2.31. The smallest absolute Gasteiger partial charge is 0.168 e. The van der Waals surface area contributed by atoms with Crippen LogP contribution in [-0.2, 0) is 19.0 Å². The van der Waals surface area contributed by atoms with Gasteiger partial charge in [-0.3, -0.25) is 4.79 Å². The lowest BCUT2D eigenvalue weighted by molar-refractivity contribution is -0.159. The monoisotopic (exact) mass is 228 g/mol. The number of ketones is 1. The van der Waals surface area contributed by atoms with E-state index in [9.17, 15) is 4.79 Å². The largest absolute Gasteiger partial charge is 0.381 e. The van der Waals surface area contributed by atoms with E-state index in [4.69, 9.17) is 14.2 Å². The first kappa shape index (κ1) is 12.0. The van der Waals surface area contributed by atoms with Crippen LogP contribution in [0.15, 0.2) is 0 Å². The Hall–Kier alpha value is -0.450. The summed E-state index contributed by atoms with van der Waals surface area (Å²) in [5.74, 6) is 0.383. The Balaban J connectivity index is 2.04. The average molecular weight is 228 g/mol. The normalized spacial score (nSPS) is 26.6. The van der Waals surface area contributed by atoms with Gasteiger partial charge in [-0.2, -0.15) is 0 Å². The van der Waals surface area contributed by atoms with E-state index in [1.165, 1.54) is 0 Å². The summed E-state index contributed by atoms with van der Waals surface area (Å²) in [7, 11) is 1.64. The maximum Gasteiger partial charge on any atom is 0.168 e. The number of carbonyl (C=O) groups excluding carboxylic acids is 1. The van der Waals surface area contributed by atoms with E-state index in [1.54, 1.807) is 7.11 Å². The number of rotatable bonds is 3. The van der Waals surface area contributed by atoms with Crippen LogP contribution >= 0.6 is 0 Å². The molecule has 2 heterocycles. The van der Waals surface area contributed by atoms with Crippen molar-refractivity contribution in [3.8, 4) is 0 Å². The molecule has 0 spiro atoms. The standard InChI is InChI=1S/C12H20O4/c1-14-12(4-8-16-9-5-12)11(13)10-2-6-15-7-3-10/h10H,2-9H2,1H3. The summed E-state index contributed by atoms with van der Waals surface area (Å²) in [5, 5.41) is 0. The molecule has 0 aliphatic carbocycles. The van der Waals surface area contributed by atoms with E-state index in [0.29, 0.717) is 39.3 Å². The molecule has 0 aromatic carbocycles. The second-order valence-corrected chi connectivity index (χ2v) is 4.56. The van der Waals surface area contributed by atoms with Gasteiger partial charge in [0.2, 0.25) is 0 Å². The SMILES string of the molecule is COC1(C(=O)C2CCOCC2)CCOCC1. The molecule has 0 radical (unpaired) electrons. The van der Waals surface area contributed by atoms with Gasteiger partial charge in [0.25, 0.3) is 0 Å². The van der Waals surface area contributed by atoms with Crippen molar-refractivity contribution >= 4 is 5.78 Å². The molecule has 2 aliphatic heterocycles. The molecule has 2 rings (SSSR count). The molecule has 0 aromatic heterocycles. The molecular weight excluding hydrogens is 208 g/mol. The van der Waals surface area contributed by atoms with Crippen LogP contribution in [-0.4, -0.2) is 44.9 Å². The van der Waals surface area contributed by atoms with Crippen molar-refractivity contribution in [1.29, 1.82) is 0 Å². The first-order valence-electron chi connectivity index (χ1n) is 6.03. The maximum absolute atomic E-state index is 12.5. The number of carbonyl (C=O) groups is 1. The minimum Gasteiger partial charge on any atom is -0.381 e. The summed E-state index contributed by atoms with van der Waals surface area (Å²) >= 11 is 0. The third-order valence-corrected chi connectivity index (χ3v) is 3.73. The summed E-state index contributed by atoms with van der Waals surface area (Å²) in [4.78, 5) is 12.5. The van der Waals surface area contributed by atoms with Gasteiger partial charge in [-0.05, 0) is 12.8 Å². The zero-order chi connectivity index (χ0) is 11.4. The van der Waals surface area contributed by atoms with Gasteiger partial charge >= 0.3 is 0 Å². The lowest BCUT2D eigenvalue weighted by Gasteiger charge is -2.37. The number of ether oxygens (including phenoxy) is 3. The summed E-state index contributed by atoms with van der Waals surface area (Å²) in [5.41, 5.74) is -0.583. The van der Waals surface area contributed by atoms with E-state index in [-0.39, 0.29) is 11.7 Å². The predicted octanol–water partition coefficient (Wildman–Crippen LogP) is 1.18. The van der Waals surface area contributed by atoms with Gasteiger partial charge in [0.1, 0.15) is 5.60 Å². The molecule has 4 heteroatoms. The topological polar surface area (TPSA) is 44.8 Å². The molecule has 92 valence electrons. The predicted molar refractivity (Wildman–Crippen MR) is 58.3 cm³/mol. The molecule has 0 amide bonds. The van der Waals surface area contributed by atoms with Crippen LogP contribution in [0.4, 0.5) is 0 Å². The summed E-state index contributed by atoms with van der Waals surface area (Å²) in [6.45, 7) is 2.66. The Kier molecular flexibility index (Phi) is 3.95. The quantitative estimate of drug-likeness (QED) is 0.727. The van der Waals surface area contributed by atoms with Crippen molar-refractivity contribution in [3.05, 3.63) is 0 Å². The Bertz CT molecular complexity index is 239. The first-order chi connectivity index (χ1) is 7.78. The van der Waals surface area contributed by atoms with Crippen LogP contribution in [0.5, 0.6) is 0 Å². The zero-order valence-electron chi connectivity index (χ0n) is 9.87. The van der Waals surface area contributed by atoms with Crippen LogP contribution in [0, 0.1) is 5.92 Å². The van der Waals surface area contributed by atoms with Crippen molar-refractivity contribution in [2.45, 2.75) is 31.3 Å². The van der Waals surface area contributed by atoms with Gasteiger partial charge in [0, 0.05) is 52.3 Å². The molecule has 0 unspecified atom stereocenters. The van der Waals surface area contributed by atoms with E-state index >= 15 is 0 Å². The van der Waals surface area contributed by atoms with Gasteiger partial charge in [-0.1, -0.05) is 0 Å². The van der Waals surface area contributed by atoms with E-state index in [1.807, 2.05) is 0 Å². The molecule has 0 N–H and O–H groups in total. The molecule has 2 fully saturated rings. The number of Topliss-reactive ketones (excluding diaryl/α,β-unsaturated/α-hetero) is 1. The zero-order valence-corrected chi connectivity index (χ0v) is 9.87. The Morgan fingerprint density at radius 1 is 1.12 bits per heavy atom. The first-order valence-corrected chi connectivity index (χ1v) is 6.03. The molecule has 0 atom stereocenters. The molecule has 4 nitrogen and oxygen atoms in total. The molecular formula is C12H20O4. The summed E-state index contributed by atoms with van der Waals surface area (Å²) in [6.07, 6.45) is 3.06. The minimum atomic E-state index is -0.583. The van der Waals surface area contributed by atoms with Gasteiger partial charge in [0.15, 0.2) is 5.78 Å². The number of hydrogen-bond donors (Lipinski definition) is 0. The van der Waals surface area contributed by atoms with Crippen LogP contribution in [0.3, 0.4) is 0 Å². The fourth-order valence-corrected chi connectivity index (χ4v) is 2.58. The third-order valence-electron chi connectivity index (χ3n) is 3.73. The molecule has 0 aromatic rings. The maximum atomic E-state index is 12.5. The van der Waals surface area contributed by atoms with Gasteiger partial charge in [-0.25, -0.2) is 0 Å². The lowest BCUT2D eigenvalue weighted by atomic mass is 9.80. The second kappa shape index (κ2) is 5.25. The van der Waals surface area contributed by atoms with Crippen LogP contribution in [0.2, 0.25) is 0 Å². The Morgan fingerprint density at radius 3 is 2.25 bits per heavy atom. The van der Waals surface area contributed by atoms with Crippen molar-refractivity contribution in [3.63, 3.8) is 0 Å².